The monoisotopic (exact) mass is 305 g/mol. The van der Waals surface area contributed by atoms with Crippen LogP contribution in [-0.2, 0) is 0 Å². The van der Waals surface area contributed by atoms with Crippen LogP contribution in [0.2, 0.25) is 0 Å². The zero-order chi connectivity index (χ0) is 16.1. The Balaban J connectivity index is 1.78. The average Bonchev–Trinajstić information content (AvgIpc) is 3.11. The molecule has 5 nitrogen and oxygen atoms in total. The zero-order valence-corrected chi connectivity index (χ0v) is 12.3. The van der Waals surface area contributed by atoms with Crippen LogP contribution in [0, 0.1) is 0 Å². The SMILES string of the molecule is O=C(N/N=C\c1ccccc1O)c1ccccc1-n1cccc1. The number of hydrogen-bond acceptors (Lipinski definition) is 3. The highest BCUT2D eigenvalue weighted by Crippen LogP contribution is 2.15. The standard InChI is InChI=1S/C18H15N3O2/c22-17-10-4-1-7-14(17)13-19-20-18(23)15-8-2-3-9-16(15)21-11-5-6-12-21/h1-13,22H,(H,20,23)/b19-13-. The molecule has 0 radical (unpaired) electrons. The van der Waals surface area contributed by atoms with E-state index in [0.29, 0.717) is 11.1 Å². The van der Waals surface area contributed by atoms with E-state index in [9.17, 15) is 9.90 Å². The molecule has 23 heavy (non-hydrogen) atoms. The van der Waals surface area contributed by atoms with Crippen LogP contribution in [0.25, 0.3) is 5.69 Å². The highest BCUT2D eigenvalue weighted by molar-refractivity contribution is 5.98. The summed E-state index contributed by atoms with van der Waals surface area (Å²) in [7, 11) is 0. The zero-order valence-electron chi connectivity index (χ0n) is 12.3. The molecule has 0 spiro atoms. The smallest absolute Gasteiger partial charge is 0.273 e. The van der Waals surface area contributed by atoms with E-state index >= 15 is 0 Å². The Morgan fingerprint density at radius 2 is 1.70 bits per heavy atom. The maximum absolute atomic E-state index is 12.3. The van der Waals surface area contributed by atoms with Gasteiger partial charge in [-0.3, -0.25) is 4.79 Å². The maximum Gasteiger partial charge on any atom is 0.273 e. The van der Waals surface area contributed by atoms with E-state index in [2.05, 4.69) is 10.5 Å². The Hall–Kier alpha value is -3.34. The molecule has 0 aliphatic rings. The molecule has 3 aromatic rings. The van der Waals surface area contributed by atoms with Crippen molar-refractivity contribution in [1.29, 1.82) is 0 Å². The van der Waals surface area contributed by atoms with Crippen molar-refractivity contribution < 1.29 is 9.90 Å². The summed E-state index contributed by atoms with van der Waals surface area (Å²) in [6, 6.07) is 17.8. The topological polar surface area (TPSA) is 66.6 Å². The van der Waals surface area contributed by atoms with Crippen molar-refractivity contribution in [3.8, 4) is 11.4 Å². The van der Waals surface area contributed by atoms with E-state index in [1.54, 1.807) is 36.4 Å². The van der Waals surface area contributed by atoms with Gasteiger partial charge in [-0.2, -0.15) is 5.10 Å². The third-order valence-corrected chi connectivity index (χ3v) is 3.34. The van der Waals surface area contributed by atoms with Crippen LogP contribution in [0.5, 0.6) is 5.75 Å². The molecule has 5 heteroatoms. The molecular weight excluding hydrogens is 290 g/mol. The first kappa shape index (κ1) is 14.6. The first-order valence-electron chi connectivity index (χ1n) is 7.09. The Bertz CT molecular complexity index is 839. The molecule has 1 aromatic heterocycles. The lowest BCUT2D eigenvalue weighted by molar-refractivity contribution is 0.0955. The summed E-state index contributed by atoms with van der Waals surface area (Å²) in [5, 5.41) is 13.6. The average molecular weight is 305 g/mol. The molecule has 0 saturated carbocycles. The number of nitrogens with one attached hydrogen (secondary N) is 1. The van der Waals surface area contributed by atoms with Gasteiger partial charge >= 0.3 is 0 Å². The summed E-state index contributed by atoms with van der Waals surface area (Å²) in [5.74, 6) is -0.209. The van der Waals surface area contributed by atoms with Gasteiger partial charge in [-0.15, -0.1) is 0 Å². The van der Waals surface area contributed by atoms with E-state index in [1.165, 1.54) is 6.21 Å². The Labute approximate surface area is 133 Å². The van der Waals surface area contributed by atoms with Gasteiger partial charge in [0.25, 0.3) is 5.91 Å². The molecule has 1 amide bonds. The Kier molecular flexibility index (Phi) is 4.20. The van der Waals surface area contributed by atoms with Gasteiger partial charge in [-0.25, -0.2) is 5.43 Å². The van der Waals surface area contributed by atoms with E-state index in [1.807, 2.05) is 41.2 Å². The van der Waals surface area contributed by atoms with Crippen LogP contribution in [0.3, 0.4) is 0 Å². The summed E-state index contributed by atoms with van der Waals surface area (Å²) >= 11 is 0. The Morgan fingerprint density at radius 1 is 1.00 bits per heavy atom. The second-order valence-corrected chi connectivity index (χ2v) is 4.87. The first-order chi connectivity index (χ1) is 11.3. The number of amides is 1. The molecule has 114 valence electrons. The van der Waals surface area contributed by atoms with E-state index in [0.717, 1.165) is 5.69 Å². The minimum absolute atomic E-state index is 0.109. The summed E-state index contributed by atoms with van der Waals surface area (Å²) in [6.45, 7) is 0. The number of aromatic hydroxyl groups is 1. The van der Waals surface area contributed by atoms with Gasteiger partial charge in [-0.05, 0) is 36.4 Å². The molecule has 0 unspecified atom stereocenters. The van der Waals surface area contributed by atoms with Crippen molar-refractivity contribution in [3.63, 3.8) is 0 Å². The highest BCUT2D eigenvalue weighted by atomic mass is 16.3. The molecule has 0 saturated heterocycles. The second kappa shape index (κ2) is 6.62. The molecule has 3 rings (SSSR count). The van der Waals surface area contributed by atoms with Crippen molar-refractivity contribution in [2.75, 3.05) is 0 Å². The molecule has 0 bridgehead atoms. The maximum atomic E-state index is 12.3. The molecule has 2 N–H and O–H groups in total. The van der Waals surface area contributed by atoms with Crippen LogP contribution in [0.15, 0.2) is 78.2 Å². The fraction of sp³-hybridized carbons (Fsp3) is 0. The number of nitrogens with zero attached hydrogens (tertiary/aromatic N) is 2. The second-order valence-electron chi connectivity index (χ2n) is 4.87. The number of phenols is 1. The van der Waals surface area contributed by atoms with Gasteiger partial charge in [-0.1, -0.05) is 24.3 Å². The lowest BCUT2D eigenvalue weighted by Crippen LogP contribution is -2.19. The number of carbonyl (C=O) groups excluding carboxylic acids is 1. The fourth-order valence-electron chi connectivity index (χ4n) is 2.20. The number of aromatic nitrogens is 1. The quantitative estimate of drug-likeness (QED) is 0.575. The lowest BCUT2D eigenvalue weighted by atomic mass is 10.1. The summed E-state index contributed by atoms with van der Waals surface area (Å²) in [6.07, 6.45) is 5.15. The van der Waals surface area contributed by atoms with Gasteiger partial charge in [0.2, 0.25) is 0 Å². The van der Waals surface area contributed by atoms with Crippen molar-refractivity contribution in [1.82, 2.24) is 9.99 Å². The number of hydrogen-bond donors (Lipinski definition) is 2. The van der Waals surface area contributed by atoms with Crippen molar-refractivity contribution >= 4 is 12.1 Å². The van der Waals surface area contributed by atoms with Gasteiger partial charge in [0.1, 0.15) is 5.75 Å². The van der Waals surface area contributed by atoms with Crippen LogP contribution >= 0.6 is 0 Å². The molecule has 2 aromatic carbocycles. The van der Waals surface area contributed by atoms with Crippen molar-refractivity contribution in [3.05, 3.63) is 84.2 Å². The number of rotatable bonds is 4. The Morgan fingerprint density at radius 3 is 2.48 bits per heavy atom. The number of carbonyl (C=O) groups is 1. The predicted molar refractivity (Wildman–Crippen MR) is 88.9 cm³/mol. The van der Waals surface area contributed by atoms with Gasteiger partial charge in [0.05, 0.1) is 17.5 Å². The normalized spacial score (nSPS) is 10.8. The minimum atomic E-state index is -0.319. The van der Waals surface area contributed by atoms with Gasteiger partial charge in [0.15, 0.2) is 0 Å². The predicted octanol–water partition coefficient (Wildman–Crippen LogP) is 2.95. The summed E-state index contributed by atoms with van der Waals surface area (Å²) < 4.78 is 1.86. The molecule has 1 heterocycles. The van der Waals surface area contributed by atoms with Crippen LogP contribution in [-0.4, -0.2) is 21.8 Å². The summed E-state index contributed by atoms with van der Waals surface area (Å²) in [5.41, 5.74) is 4.30. The number of phenolic OH excluding ortho intramolecular Hbond substituents is 1. The molecule has 0 fully saturated rings. The summed E-state index contributed by atoms with van der Waals surface area (Å²) in [4.78, 5) is 12.3. The minimum Gasteiger partial charge on any atom is -0.507 e. The van der Waals surface area contributed by atoms with Crippen molar-refractivity contribution in [2.45, 2.75) is 0 Å². The van der Waals surface area contributed by atoms with E-state index in [-0.39, 0.29) is 11.7 Å². The third kappa shape index (κ3) is 3.29. The fourth-order valence-corrected chi connectivity index (χ4v) is 2.20. The molecule has 0 aliphatic heterocycles. The van der Waals surface area contributed by atoms with E-state index < -0.39 is 0 Å². The van der Waals surface area contributed by atoms with Gasteiger partial charge in [0, 0.05) is 18.0 Å². The number of hydrazone groups is 1. The van der Waals surface area contributed by atoms with Crippen LogP contribution in [0.1, 0.15) is 15.9 Å². The van der Waals surface area contributed by atoms with Gasteiger partial charge < -0.3 is 9.67 Å². The molecule has 0 aliphatic carbocycles. The largest absolute Gasteiger partial charge is 0.507 e. The molecule has 0 atom stereocenters. The van der Waals surface area contributed by atoms with Crippen LogP contribution < -0.4 is 5.43 Å². The molecular formula is C18H15N3O2. The number of para-hydroxylation sites is 2. The third-order valence-electron chi connectivity index (χ3n) is 3.34. The van der Waals surface area contributed by atoms with E-state index in [4.69, 9.17) is 0 Å². The number of benzene rings is 2. The van der Waals surface area contributed by atoms with Crippen LogP contribution in [0.4, 0.5) is 0 Å². The first-order valence-corrected chi connectivity index (χ1v) is 7.09. The highest BCUT2D eigenvalue weighted by Gasteiger charge is 2.10. The lowest BCUT2D eigenvalue weighted by Gasteiger charge is -2.09. The van der Waals surface area contributed by atoms with Crippen molar-refractivity contribution in [2.24, 2.45) is 5.10 Å².